The lowest BCUT2D eigenvalue weighted by atomic mass is 9.97. The van der Waals surface area contributed by atoms with Crippen LogP contribution in [0.1, 0.15) is 52.7 Å². The van der Waals surface area contributed by atoms with Gasteiger partial charge in [0, 0.05) is 6.42 Å². The van der Waals surface area contributed by atoms with E-state index < -0.39 is 6.10 Å². The van der Waals surface area contributed by atoms with Crippen LogP contribution in [-0.4, -0.2) is 22.4 Å². The minimum Gasteiger partial charge on any atom is -0.486 e. The van der Waals surface area contributed by atoms with E-state index in [2.05, 4.69) is 13.8 Å². The van der Waals surface area contributed by atoms with Crippen molar-refractivity contribution in [2.75, 3.05) is 0 Å². The number of rotatable bonds is 3. The molecule has 0 aromatic heterocycles. The van der Waals surface area contributed by atoms with Crippen molar-refractivity contribution >= 4 is 11.6 Å². The van der Waals surface area contributed by atoms with Crippen LogP contribution in [0.2, 0.25) is 5.02 Å². The summed E-state index contributed by atoms with van der Waals surface area (Å²) in [5.74, 6) is 0.635. The van der Waals surface area contributed by atoms with Gasteiger partial charge in [-0.2, -0.15) is 0 Å². The van der Waals surface area contributed by atoms with Crippen molar-refractivity contribution in [2.45, 2.75) is 64.4 Å². The molecule has 1 fully saturated rings. The van der Waals surface area contributed by atoms with E-state index in [-0.39, 0.29) is 17.3 Å². The second-order valence-electron chi connectivity index (χ2n) is 6.64. The van der Waals surface area contributed by atoms with Crippen LogP contribution in [0.25, 0.3) is 0 Å². The topological polar surface area (TPSA) is 38.7 Å². The predicted molar refractivity (Wildman–Crippen MR) is 80.4 cm³/mol. The van der Waals surface area contributed by atoms with E-state index in [1.807, 2.05) is 26.0 Å². The van der Waals surface area contributed by atoms with Gasteiger partial charge in [-0.25, -0.2) is 0 Å². The smallest absolute Gasteiger partial charge is 0.138 e. The second-order valence-corrected chi connectivity index (χ2v) is 7.05. The predicted octanol–water partition coefficient (Wildman–Crippen LogP) is 4.12. The van der Waals surface area contributed by atoms with Crippen LogP contribution in [0.3, 0.4) is 0 Å². The van der Waals surface area contributed by atoms with Crippen molar-refractivity contribution in [3.05, 3.63) is 28.8 Å². The number of benzene rings is 1. The summed E-state index contributed by atoms with van der Waals surface area (Å²) in [6, 6.07) is 5.39. The van der Waals surface area contributed by atoms with Crippen LogP contribution in [0, 0.1) is 0 Å². The fourth-order valence-electron chi connectivity index (χ4n) is 2.72. The molecule has 1 unspecified atom stereocenters. The van der Waals surface area contributed by atoms with E-state index in [1.165, 1.54) is 0 Å². The molecule has 4 heteroatoms. The van der Waals surface area contributed by atoms with Gasteiger partial charge in [-0.05, 0) is 52.3 Å². The molecular formula is C16H23ClO3. The Hall–Kier alpha value is -0.770. The average Bonchev–Trinajstić information content (AvgIpc) is 2.49. The standard InChI is InChI=1S/C16H23ClO3/c1-10(18)11-6-7-13(12(17)8-11)19-14-9-15(2,3)20-16(14,4)5/h6-8,10,14,18H,9H2,1-5H3/t10-,14?/m1/s1. The van der Waals surface area contributed by atoms with Crippen LogP contribution in [0.5, 0.6) is 5.75 Å². The Morgan fingerprint density at radius 2 is 2.00 bits per heavy atom. The molecule has 20 heavy (non-hydrogen) atoms. The number of hydrogen-bond acceptors (Lipinski definition) is 3. The molecule has 112 valence electrons. The third-order valence-electron chi connectivity index (χ3n) is 3.70. The zero-order chi connectivity index (χ0) is 15.1. The van der Waals surface area contributed by atoms with Gasteiger partial charge < -0.3 is 14.6 Å². The Bertz CT molecular complexity index is 494. The van der Waals surface area contributed by atoms with Gasteiger partial charge in [-0.1, -0.05) is 17.7 Å². The van der Waals surface area contributed by atoms with Gasteiger partial charge >= 0.3 is 0 Å². The van der Waals surface area contributed by atoms with Gasteiger partial charge in [0.05, 0.1) is 16.7 Å². The summed E-state index contributed by atoms with van der Waals surface area (Å²) in [5, 5.41) is 10.1. The number of aliphatic hydroxyl groups is 1. The van der Waals surface area contributed by atoms with Crippen LogP contribution in [0.15, 0.2) is 18.2 Å². The molecule has 1 aliphatic rings. The van der Waals surface area contributed by atoms with Gasteiger partial charge in [0.2, 0.25) is 0 Å². The number of aliphatic hydroxyl groups excluding tert-OH is 1. The fourth-order valence-corrected chi connectivity index (χ4v) is 2.95. The van der Waals surface area contributed by atoms with Gasteiger partial charge in [0.25, 0.3) is 0 Å². The largest absolute Gasteiger partial charge is 0.486 e. The lowest BCUT2D eigenvalue weighted by molar-refractivity contribution is -0.0845. The summed E-state index contributed by atoms with van der Waals surface area (Å²) in [5.41, 5.74) is 0.236. The summed E-state index contributed by atoms with van der Waals surface area (Å²) in [6.07, 6.45) is 0.230. The lowest BCUT2D eigenvalue weighted by Crippen LogP contribution is -2.36. The van der Waals surface area contributed by atoms with Gasteiger partial charge in [0.15, 0.2) is 0 Å². The Morgan fingerprint density at radius 1 is 1.35 bits per heavy atom. The molecule has 1 N–H and O–H groups in total. The zero-order valence-corrected chi connectivity index (χ0v) is 13.5. The summed E-state index contributed by atoms with van der Waals surface area (Å²) in [6.45, 7) is 9.91. The Balaban J connectivity index is 2.18. The number of hydrogen-bond donors (Lipinski definition) is 1. The molecule has 2 atom stereocenters. The van der Waals surface area contributed by atoms with E-state index in [4.69, 9.17) is 21.1 Å². The van der Waals surface area contributed by atoms with Crippen LogP contribution in [-0.2, 0) is 4.74 Å². The molecule has 3 nitrogen and oxygen atoms in total. The minimum absolute atomic E-state index is 0.0487. The number of halogens is 1. The molecule has 0 aliphatic carbocycles. The second kappa shape index (κ2) is 5.21. The first-order valence-electron chi connectivity index (χ1n) is 6.95. The van der Waals surface area contributed by atoms with Gasteiger partial charge in [-0.15, -0.1) is 0 Å². The first kappa shape index (κ1) is 15.6. The Labute approximate surface area is 125 Å². The molecule has 1 aromatic rings. The van der Waals surface area contributed by atoms with Crippen molar-refractivity contribution in [2.24, 2.45) is 0 Å². The highest BCUT2D eigenvalue weighted by atomic mass is 35.5. The van der Waals surface area contributed by atoms with Gasteiger partial charge in [-0.3, -0.25) is 0 Å². The monoisotopic (exact) mass is 298 g/mol. The van der Waals surface area contributed by atoms with Crippen molar-refractivity contribution < 1.29 is 14.6 Å². The first-order valence-corrected chi connectivity index (χ1v) is 7.33. The average molecular weight is 299 g/mol. The van der Waals surface area contributed by atoms with Gasteiger partial charge in [0.1, 0.15) is 17.5 Å². The summed E-state index contributed by atoms with van der Waals surface area (Å²) in [4.78, 5) is 0. The third-order valence-corrected chi connectivity index (χ3v) is 3.99. The quantitative estimate of drug-likeness (QED) is 0.912. The molecule has 0 radical (unpaired) electrons. The van der Waals surface area contributed by atoms with E-state index >= 15 is 0 Å². The molecule has 0 spiro atoms. The van der Waals surface area contributed by atoms with Crippen LogP contribution < -0.4 is 4.74 Å². The third kappa shape index (κ3) is 3.27. The molecule has 2 rings (SSSR count). The zero-order valence-electron chi connectivity index (χ0n) is 12.7. The van der Waals surface area contributed by atoms with E-state index in [0.717, 1.165) is 12.0 Å². The normalized spacial score (nSPS) is 25.4. The summed E-state index contributed by atoms with van der Waals surface area (Å²) >= 11 is 6.24. The van der Waals surface area contributed by atoms with E-state index in [9.17, 15) is 5.11 Å². The maximum atomic E-state index is 9.56. The Morgan fingerprint density at radius 3 is 2.45 bits per heavy atom. The van der Waals surface area contributed by atoms with Crippen LogP contribution in [0.4, 0.5) is 0 Å². The first-order chi connectivity index (χ1) is 9.11. The van der Waals surface area contributed by atoms with Crippen molar-refractivity contribution in [1.82, 2.24) is 0 Å². The van der Waals surface area contributed by atoms with Crippen LogP contribution >= 0.6 is 11.6 Å². The van der Waals surface area contributed by atoms with Crippen molar-refractivity contribution in [3.8, 4) is 5.75 Å². The highest BCUT2D eigenvalue weighted by Gasteiger charge is 2.47. The molecule has 0 bridgehead atoms. The molecule has 0 amide bonds. The lowest BCUT2D eigenvalue weighted by Gasteiger charge is -2.27. The minimum atomic E-state index is -0.535. The molecule has 1 heterocycles. The maximum absolute atomic E-state index is 9.56. The molecule has 1 saturated heterocycles. The highest BCUT2D eigenvalue weighted by Crippen LogP contribution is 2.41. The van der Waals surface area contributed by atoms with Crippen molar-refractivity contribution in [3.63, 3.8) is 0 Å². The van der Waals surface area contributed by atoms with E-state index in [0.29, 0.717) is 10.8 Å². The SMILES string of the molecule is C[C@@H](O)c1ccc(OC2CC(C)(C)OC2(C)C)c(Cl)c1. The fraction of sp³-hybridized carbons (Fsp3) is 0.625. The molecule has 0 saturated carbocycles. The van der Waals surface area contributed by atoms with Crippen molar-refractivity contribution in [1.29, 1.82) is 0 Å². The molecule has 1 aromatic carbocycles. The summed E-state index contributed by atoms with van der Waals surface area (Å²) < 4.78 is 12.1. The Kier molecular flexibility index (Phi) is 4.07. The highest BCUT2D eigenvalue weighted by molar-refractivity contribution is 6.32. The van der Waals surface area contributed by atoms with E-state index in [1.54, 1.807) is 13.0 Å². The molecule has 1 aliphatic heterocycles. The maximum Gasteiger partial charge on any atom is 0.138 e. The molecular weight excluding hydrogens is 276 g/mol. The summed E-state index contributed by atoms with van der Waals surface area (Å²) in [7, 11) is 0. The number of ether oxygens (including phenoxy) is 2.